The minimum absolute atomic E-state index is 0.148. The summed E-state index contributed by atoms with van der Waals surface area (Å²) in [5.41, 5.74) is 2.16. The molecular formula is C20H18F2N6O. The first kappa shape index (κ1) is 18.7. The number of aromatic nitrogens is 5. The van der Waals surface area contributed by atoms with Gasteiger partial charge in [0.1, 0.15) is 6.54 Å². The van der Waals surface area contributed by atoms with E-state index in [2.05, 4.69) is 20.5 Å². The standard InChI is InChI=1S/C20H18F2N6O/c1-12-18-15(19(21)22)8-16(13-6-4-3-5-7-13)25-20(18)28(26-12)11-17(29)24-14-9-23-27(2)10-14/h3-10,19H,11H2,1-2H3,(H,24,29). The number of anilines is 1. The lowest BCUT2D eigenvalue weighted by Crippen LogP contribution is -2.19. The summed E-state index contributed by atoms with van der Waals surface area (Å²) < 4.78 is 30.5. The van der Waals surface area contributed by atoms with Crippen LogP contribution >= 0.6 is 0 Å². The number of aryl methyl sites for hydroxylation is 2. The lowest BCUT2D eigenvalue weighted by molar-refractivity contribution is -0.116. The smallest absolute Gasteiger partial charge is 0.264 e. The van der Waals surface area contributed by atoms with Gasteiger partial charge in [0.2, 0.25) is 5.91 Å². The summed E-state index contributed by atoms with van der Waals surface area (Å²) in [6.07, 6.45) is 0.485. The van der Waals surface area contributed by atoms with E-state index in [-0.39, 0.29) is 29.0 Å². The van der Waals surface area contributed by atoms with Crippen LogP contribution in [0.3, 0.4) is 0 Å². The van der Waals surface area contributed by atoms with Crippen molar-refractivity contribution in [3.05, 3.63) is 60.0 Å². The molecule has 7 nitrogen and oxygen atoms in total. The average molecular weight is 396 g/mol. The Labute approximate surface area is 165 Å². The van der Waals surface area contributed by atoms with E-state index >= 15 is 0 Å². The molecule has 4 aromatic rings. The summed E-state index contributed by atoms with van der Waals surface area (Å²) in [5, 5.41) is 11.3. The number of carbonyl (C=O) groups excluding carboxylic acids is 1. The Bertz CT molecular complexity index is 1180. The molecule has 148 valence electrons. The quantitative estimate of drug-likeness (QED) is 0.558. The van der Waals surface area contributed by atoms with Gasteiger partial charge in [0.25, 0.3) is 6.43 Å². The Morgan fingerprint density at radius 2 is 2.00 bits per heavy atom. The Morgan fingerprint density at radius 1 is 1.24 bits per heavy atom. The molecule has 0 atom stereocenters. The van der Waals surface area contributed by atoms with Gasteiger partial charge in [0.15, 0.2) is 5.65 Å². The van der Waals surface area contributed by atoms with Crippen LogP contribution in [0.5, 0.6) is 0 Å². The molecule has 3 aromatic heterocycles. The summed E-state index contributed by atoms with van der Waals surface area (Å²) in [6.45, 7) is 1.47. The molecule has 0 aliphatic rings. The van der Waals surface area contributed by atoms with E-state index < -0.39 is 6.43 Å². The predicted octanol–water partition coefficient (Wildman–Crippen LogP) is 3.72. The Balaban J connectivity index is 1.76. The normalized spacial score (nSPS) is 11.3. The SMILES string of the molecule is Cc1nn(CC(=O)Nc2cnn(C)c2)c2nc(-c3ccccc3)cc(C(F)F)c12. The first-order chi connectivity index (χ1) is 13.9. The largest absolute Gasteiger partial charge is 0.322 e. The molecule has 0 bridgehead atoms. The monoisotopic (exact) mass is 396 g/mol. The fourth-order valence-electron chi connectivity index (χ4n) is 3.25. The number of hydrogen-bond donors (Lipinski definition) is 1. The lowest BCUT2D eigenvalue weighted by atomic mass is 10.1. The molecule has 0 saturated heterocycles. The molecule has 0 saturated carbocycles. The van der Waals surface area contributed by atoms with Crippen LogP contribution in [0, 0.1) is 6.92 Å². The zero-order chi connectivity index (χ0) is 20.5. The van der Waals surface area contributed by atoms with Gasteiger partial charge < -0.3 is 5.32 Å². The minimum atomic E-state index is -2.69. The zero-order valence-corrected chi connectivity index (χ0v) is 15.8. The molecule has 0 fully saturated rings. The fraction of sp³-hybridized carbons (Fsp3) is 0.200. The molecule has 1 aromatic carbocycles. The van der Waals surface area contributed by atoms with E-state index in [0.29, 0.717) is 22.6 Å². The van der Waals surface area contributed by atoms with Gasteiger partial charge in [-0.15, -0.1) is 0 Å². The molecule has 0 aliphatic heterocycles. The highest BCUT2D eigenvalue weighted by molar-refractivity contribution is 5.92. The van der Waals surface area contributed by atoms with E-state index in [1.165, 1.54) is 16.9 Å². The van der Waals surface area contributed by atoms with Crippen LogP contribution in [0.15, 0.2) is 48.8 Å². The van der Waals surface area contributed by atoms with Crippen LogP contribution in [-0.4, -0.2) is 30.5 Å². The van der Waals surface area contributed by atoms with Crippen molar-refractivity contribution in [1.82, 2.24) is 24.5 Å². The maximum absolute atomic E-state index is 13.8. The number of nitrogens with one attached hydrogen (secondary N) is 1. The highest BCUT2D eigenvalue weighted by Gasteiger charge is 2.22. The van der Waals surface area contributed by atoms with Gasteiger partial charge in [0.05, 0.1) is 28.7 Å². The predicted molar refractivity (Wildman–Crippen MR) is 104 cm³/mol. The second-order valence-corrected chi connectivity index (χ2v) is 6.66. The molecule has 3 heterocycles. The Morgan fingerprint density at radius 3 is 2.66 bits per heavy atom. The molecule has 1 amide bonds. The number of alkyl halides is 2. The van der Waals surface area contributed by atoms with Crippen LogP contribution in [-0.2, 0) is 18.4 Å². The molecular weight excluding hydrogens is 378 g/mol. The highest BCUT2D eigenvalue weighted by atomic mass is 19.3. The van der Waals surface area contributed by atoms with Crippen molar-refractivity contribution < 1.29 is 13.6 Å². The van der Waals surface area contributed by atoms with Crippen molar-refractivity contribution in [3.63, 3.8) is 0 Å². The number of fused-ring (bicyclic) bond motifs is 1. The summed E-state index contributed by atoms with van der Waals surface area (Å²) in [6, 6.07) is 10.4. The Kier molecular flexibility index (Phi) is 4.79. The molecule has 0 spiro atoms. The van der Waals surface area contributed by atoms with Crippen molar-refractivity contribution >= 4 is 22.6 Å². The molecule has 0 radical (unpaired) electrons. The van der Waals surface area contributed by atoms with Crippen LogP contribution in [0.25, 0.3) is 22.3 Å². The van der Waals surface area contributed by atoms with Crippen molar-refractivity contribution in [2.75, 3.05) is 5.32 Å². The molecule has 1 N–H and O–H groups in total. The van der Waals surface area contributed by atoms with Crippen LogP contribution < -0.4 is 5.32 Å². The number of pyridine rings is 1. The van der Waals surface area contributed by atoms with Gasteiger partial charge in [-0.1, -0.05) is 30.3 Å². The number of benzene rings is 1. The molecule has 9 heteroatoms. The Hall–Kier alpha value is -3.62. The second-order valence-electron chi connectivity index (χ2n) is 6.66. The van der Waals surface area contributed by atoms with Gasteiger partial charge >= 0.3 is 0 Å². The maximum atomic E-state index is 13.8. The third-order valence-corrected chi connectivity index (χ3v) is 4.49. The van der Waals surface area contributed by atoms with Gasteiger partial charge in [0, 0.05) is 24.4 Å². The van der Waals surface area contributed by atoms with Gasteiger partial charge in [-0.25, -0.2) is 18.4 Å². The van der Waals surface area contributed by atoms with Crippen molar-refractivity contribution in [1.29, 1.82) is 0 Å². The number of hydrogen-bond acceptors (Lipinski definition) is 4. The molecule has 4 rings (SSSR count). The minimum Gasteiger partial charge on any atom is -0.322 e. The second kappa shape index (κ2) is 7.42. The third-order valence-electron chi connectivity index (χ3n) is 4.49. The fourth-order valence-corrected chi connectivity index (χ4v) is 3.25. The molecule has 0 unspecified atom stereocenters. The first-order valence-electron chi connectivity index (χ1n) is 8.92. The average Bonchev–Trinajstić information content (AvgIpc) is 3.24. The van der Waals surface area contributed by atoms with E-state index in [9.17, 15) is 13.6 Å². The molecule has 0 aliphatic carbocycles. The summed E-state index contributed by atoms with van der Waals surface area (Å²) in [7, 11) is 1.74. The van der Waals surface area contributed by atoms with Crippen LogP contribution in [0.1, 0.15) is 17.7 Å². The number of nitrogens with zero attached hydrogens (tertiary/aromatic N) is 5. The van der Waals surface area contributed by atoms with Gasteiger partial charge in [-0.2, -0.15) is 10.2 Å². The van der Waals surface area contributed by atoms with E-state index in [4.69, 9.17) is 0 Å². The van der Waals surface area contributed by atoms with Crippen molar-refractivity contribution in [2.45, 2.75) is 19.9 Å². The number of carbonyl (C=O) groups is 1. The lowest BCUT2D eigenvalue weighted by Gasteiger charge is -2.09. The summed E-state index contributed by atoms with van der Waals surface area (Å²) in [5.74, 6) is -0.354. The van der Waals surface area contributed by atoms with E-state index in [1.54, 1.807) is 37.0 Å². The zero-order valence-electron chi connectivity index (χ0n) is 15.8. The third kappa shape index (κ3) is 3.71. The van der Waals surface area contributed by atoms with Crippen molar-refractivity contribution in [2.24, 2.45) is 7.05 Å². The van der Waals surface area contributed by atoms with Crippen LogP contribution in [0.4, 0.5) is 14.5 Å². The number of rotatable bonds is 5. The van der Waals surface area contributed by atoms with Crippen molar-refractivity contribution in [3.8, 4) is 11.3 Å². The first-order valence-corrected chi connectivity index (χ1v) is 8.92. The summed E-state index contributed by atoms with van der Waals surface area (Å²) in [4.78, 5) is 17.0. The van der Waals surface area contributed by atoms with E-state index in [1.807, 2.05) is 18.2 Å². The highest BCUT2D eigenvalue weighted by Crippen LogP contribution is 2.33. The summed E-state index contributed by atoms with van der Waals surface area (Å²) >= 11 is 0. The van der Waals surface area contributed by atoms with E-state index in [0.717, 1.165) is 0 Å². The number of halogens is 2. The number of amides is 1. The van der Waals surface area contributed by atoms with Crippen LogP contribution in [0.2, 0.25) is 0 Å². The topological polar surface area (TPSA) is 77.6 Å². The van der Waals surface area contributed by atoms with Gasteiger partial charge in [-0.3, -0.25) is 9.48 Å². The van der Waals surface area contributed by atoms with Gasteiger partial charge in [-0.05, 0) is 13.0 Å². The maximum Gasteiger partial charge on any atom is 0.264 e. The molecule has 29 heavy (non-hydrogen) atoms.